The van der Waals surface area contributed by atoms with Crippen molar-refractivity contribution < 1.29 is 14.6 Å². The molecule has 2 heterocycles. The Morgan fingerprint density at radius 2 is 2.19 bits per heavy atom. The molecule has 1 aromatic carbocycles. The fourth-order valence-electron chi connectivity index (χ4n) is 3.48. The number of morpholine rings is 1. The summed E-state index contributed by atoms with van der Waals surface area (Å²) >= 11 is 0. The van der Waals surface area contributed by atoms with E-state index < -0.39 is 5.60 Å². The molecular formula is C20H27N3O3. The molecule has 3 rings (SSSR count). The molecule has 1 atom stereocenters. The van der Waals surface area contributed by atoms with Crippen molar-refractivity contribution in [1.29, 1.82) is 0 Å². The number of hydrogen-bond donors (Lipinski definition) is 1. The van der Waals surface area contributed by atoms with Crippen LogP contribution in [0.5, 0.6) is 0 Å². The van der Waals surface area contributed by atoms with Gasteiger partial charge >= 0.3 is 0 Å². The number of rotatable bonds is 6. The van der Waals surface area contributed by atoms with Crippen LogP contribution < -0.4 is 0 Å². The van der Waals surface area contributed by atoms with E-state index in [1.54, 1.807) is 10.9 Å². The normalized spacial score (nSPS) is 20.3. The zero-order chi connectivity index (χ0) is 18.6. The van der Waals surface area contributed by atoms with Crippen LogP contribution >= 0.6 is 0 Å². The summed E-state index contributed by atoms with van der Waals surface area (Å²) in [7, 11) is 1.87. The van der Waals surface area contributed by atoms with E-state index in [1.807, 2.05) is 30.3 Å². The van der Waals surface area contributed by atoms with Crippen LogP contribution in [0, 0.1) is 6.92 Å². The molecule has 1 fully saturated rings. The van der Waals surface area contributed by atoms with E-state index in [9.17, 15) is 9.90 Å². The van der Waals surface area contributed by atoms with Gasteiger partial charge in [-0.15, -0.1) is 0 Å². The van der Waals surface area contributed by atoms with Crippen LogP contribution in [-0.4, -0.2) is 57.6 Å². The molecule has 6 nitrogen and oxygen atoms in total. The Morgan fingerprint density at radius 1 is 1.38 bits per heavy atom. The zero-order valence-corrected chi connectivity index (χ0v) is 15.5. The number of aliphatic hydroxyl groups is 1. The van der Waals surface area contributed by atoms with Crippen molar-refractivity contribution in [2.45, 2.75) is 31.8 Å². The third-order valence-corrected chi connectivity index (χ3v) is 5.05. The second kappa shape index (κ2) is 8.01. The molecule has 6 heteroatoms. The predicted molar refractivity (Wildman–Crippen MR) is 98.8 cm³/mol. The molecule has 1 N–H and O–H groups in total. The van der Waals surface area contributed by atoms with Gasteiger partial charge < -0.3 is 14.7 Å². The number of ether oxygens (including phenoxy) is 1. The van der Waals surface area contributed by atoms with Gasteiger partial charge in [0.2, 0.25) is 5.91 Å². The first-order valence-electron chi connectivity index (χ1n) is 9.06. The van der Waals surface area contributed by atoms with Gasteiger partial charge in [-0.25, -0.2) is 0 Å². The Balaban J connectivity index is 1.64. The Labute approximate surface area is 154 Å². The Morgan fingerprint density at radius 3 is 2.88 bits per heavy atom. The maximum absolute atomic E-state index is 12.7. The van der Waals surface area contributed by atoms with E-state index in [1.165, 1.54) is 5.56 Å². The minimum atomic E-state index is -0.728. The SMILES string of the molecule is Cc1ccccc1C[C@@]1(CO)CN(C(=O)CCc2cnn(C)c2)CCO1. The number of aliphatic hydroxyl groups excluding tert-OH is 1. The molecule has 0 unspecified atom stereocenters. The van der Waals surface area contributed by atoms with Gasteiger partial charge in [0.15, 0.2) is 0 Å². The van der Waals surface area contributed by atoms with Crippen molar-refractivity contribution in [3.63, 3.8) is 0 Å². The highest BCUT2D eigenvalue weighted by Gasteiger charge is 2.38. The molecule has 1 aliphatic heterocycles. The molecule has 0 radical (unpaired) electrons. The van der Waals surface area contributed by atoms with Gasteiger partial charge in [-0.1, -0.05) is 24.3 Å². The molecule has 0 spiro atoms. The van der Waals surface area contributed by atoms with Crippen LogP contribution in [0.2, 0.25) is 0 Å². The molecular weight excluding hydrogens is 330 g/mol. The van der Waals surface area contributed by atoms with E-state index in [0.717, 1.165) is 11.1 Å². The highest BCUT2D eigenvalue weighted by molar-refractivity contribution is 5.76. The van der Waals surface area contributed by atoms with Crippen molar-refractivity contribution in [2.75, 3.05) is 26.3 Å². The zero-order valence-electron chi connectivity index (χ0n) is 15.5. The topological polar surface area (TPSA) is 67.6 Å². The highest BCUT2D eigenvalue weighted by Crippen LogP contribution is 2.25. The molecule has 1 aliphatic rings. The van der Waals surface area contributed by atoms with Gasteiger partial charge in [0.1, 0.15) is 5.60 Å². The van der Waals surface area contributed by atoms with E-state index >= 15 is 0 Å². The van der Waals surface area contributed by atoms with Gasteiger partial charge in [-0.05, 0) is 30.0 Å². The summed E-state index contributed by atoms with van der Waals surface area (Å²) in [5.41, 5.74) is 2.64. The van der Waals surface area contributed by atoms with Gasteiger partial charge in [-0.2, -0.15) is 5.10 Å². The smallest absolute Gasteiger partial charge is 0.223 e. The molecule has 140 valence electrons. The van der Waals surface area contributed by atoms with Gasteiger partial charge in [-0.3, -0.25) is 9.48 Å². The highest BCUT2D eigenvalue weighted by atomic mass is 16.5. The Kier molecular flexibility index (Phi) is 5.74. The molecule has 2 aromatic rings. The number of benzene rings is 1. The van der Waals surface area contributed by atoms with Crippen LogP contribution in [-0.2, 0) is 29.4 Å². The lowest BCUT2D eigenvalue weighted by molar-refractivity contribution is -0.157. The predicted octanol–water partition coefficient (Wildman–Crippen LogP) is 1.49. The van der Waals surface area contributed by atoms with Crippen LogP contribution in [0.25, 0.3) is 0 Å². The average Bonchev–Trinajstić information content (AvgIpc) is 3.07. The van der Waals surface area contributed by atoms with Crippen LogP contribution in [0.1, 0.15) is 23.1 Å². The van der Waals surface area contributed by atoms with Gasteiger partial charge in [0.05, 0.1) is 26.0 Å². The summed E-state index contributed by atoms with van der Waals surface area (Å²) in [6.07, 6.45) is 5.44. The second-order valence-electron chi connectivity index (χ2n) is 7.13. The first-order valence-corrected chi connectivity index (χ1v) is 9.06. The van der Waals surface area contributed by atoms with E-state index in [-0.39, 0.29) is 12.5 Å². The molecule has 1 amide bonds. The maximum Gasteiger partial charge on any atom is 0.223 e. The molecule has 0 aliphatic carbocycles. The average molecular weight is 357 g/mol. The lowest BCUT2D eigenvalue weighted by Gasteiger charge is -2.42. The van der Waals surface area contributed by atoms with E-state index in [4.69, 9.17) is 4.74 Å². The second-order valence-corrected chi connectivity index (χ2v) is 7.13. The summed E-state index contributed by atoms with van der Waals surface area (Å²) in [4.78, 5) is 14.5. The summed E-state index contributed by atoms with van der Waals surface area (Å²) in [5, 5.41) is 14.2. The Bertz CT molecular complexity index is 758. The lowest BCUT2D eigenvalue weighted by Crippen LogP contribution is -2.56. The Hall–Kier alpha value is -2.18. The maximum atomic E-state index is 12.7. The number of carbonyl (C=O) groups is 1. The summed E-state index contributed by atoms with van der Waals surface area (Å²) in [6, 6.07) is 8.10. The number of aryl methyl sites for hydroxylation is 3. The summed E-state index contributed by atoms with van der Waals surface area (Å²) < 4.78 is 7.71. The fraction of sp³-hybridized carbons (Fsp3) is 0.500. The van der Waals surface area contributed by atoms with E-state index in [0.29, 0.717) is 39.0 Å². The number of hydrogen-bond acceptors (Lipinski definition) is 4. The summed E-state index contributed by atoms with van der Waals surface area (Å²) in [5.74, 6) is 0.0970. The first kappa shape index (κ1) is 18.6. The lowest BCUT2D eigenvalue weighted by atomic mass is 9.90. The summed E-state index contributed by atoms with van der Waals surface area (Å²) in [6.45, 7) is 3.39. The third-order valence-electron chi connectivity index (χ3n) is 5.05. The third kappa shape index (κ3) is 4.31. The van der Waals surface area contributed by atoms with E-state index in [2.05, 4.69) is 24.2 Å². The monoisotopic (exact) mass is 357 g/mol. The van der Waals surface area contributed by atoms with Crippen molar-refractivity contribution >= 4 is 5.91 Å². The molecule has 0 bridgehead atoms. The standard InChI is InChI=1S/C20H27N3O3/c1-16-5-3-4-6-18(16)11-20(15-24)14-23(9-10-26-20)19(25)8-7-17-12-21-22(2)13-17/h3-6,12-13,24H,7-11,14-15H2,1-2H3/t20-/m0/s1. The largest absolute Gasteiger partial charge is 0.393 e. The minimum absolute atomic E-state index is 0.0970. The van der Waals surface area contributed by atoms with Crippen LogP contribution in [0.3, 0.4) is 0 Å². The minimum Gasteiger partial charge on any atom is -0.393 e. The molecule has 0 saturated carbocycles. The van der Waals surface area contributed by atoms with Crippen molar-refractivity contribution in [3.8, 4) is 0 Å². The number of carbonyl (C=O) groups excluding carboxylic acids is 1. The van der Waals surface area contributed by atoms with Crippen molar-refractivity contribution in [1.82, 2.24) is 14.7 Å². The number of aromatic nitrogens is 2. The first-order chi connectivity index (χ1) is 12.5. The molecule has 26 heavy (non-hydrogen) atoms. The molecule has 1 aromatic heterocycles. The quantitative estimate of drug-likeness (QED) is 0.851. The van der Waals surface area contributed by atoms with Crippen molar-refractivity contribution in [2.24, 2.45) is 7.05 Å². The van der Waals surface area contributed by atoms with Crippen LogP contribution in [0.4, 0.5) is 0 Å². The van der Waals surface area contributed by atoms with Gasteiger partial charge in [0.25, 0.3) is 0 Å². The van der Waals surface area contributed by atoms with Crippen molar-refractivity contribution in [3.05, 3.63) is 53.3 Å². The van der Waals surface area contributed by atoms with Crippen LogP contribution in [0.15, 0.2) is 36.7 Å². The fourth-order valence-corrected chi connectivity index (χ4v) is 3.48. The molecule has 1 saturated heterocycles. The van der Waals surface area contributed by atoms with Gasteiger partial charge in [0, 0.05) is 32.6 Å². The number of nitrogens with zero attached hydrogens (tertiary/aromatic N) is 3. The number of amides is 1.